The smallest absolute Gasteiger partial charge is 0.328 e. The van der Waals surface area contributed by atoms with E-state index in [1.807, 2.05) is 6.08 Å². The minimum Gasteiger partial charge on any atom is -0.478 e. The normalized spacial score (nSPS) is 18.2. The van der Waals surface area contributed by atoms with Gasteiger partial charge in [0.2, 0.25) is 0 Å². The van der Waals surface area contributed by atoms with Crippen LogP contribution in [0.15, 0.2) is 23.8 Å². The Hall–Kier alpha value is -1.05. The summed E-state index contributed by atoms with van der Waals surface area (Å²) < 4.78 is 0. The Morgan fingerprint density at radius 3 is 2.50 bits per heavy atom. The molecule has 0 bridgehead atoms. The van der Waals surface area contributed by atoms with Crippen LogP contribution < -0.4 is 0 Å². The van der Waals surface area contributed by atoms with Gasteiger partial charge in [0.25, 0.3) is 0 Å². The van der Waals surface area contributed by atoms with Gasteiger partial charge in [-0.2, -0.15) is 0 Å². The van der Waals surface area contributed by atoms with E-state index in [1.165, 1.54) is 30.9 Å². The molecule has 0 radical (unpaired) electrons. The Labute approximate surface area is 72.6 Å². The van der Waals surface area contributed by atoms with Crippen LogP contribution in [0.2, 0.25) is 0 Å². The fourth-order valence-corrected chi connectivity index (χ4v) is 1.44. The predicted molar refractivity (Wildman–Crippen MR) is 47.9 cm³/mol. The average molecular weight is 166 g/mol. The van der Waals surface area contributed by atoms with E-state index in [2.05, 4.69) is 0 Å². The van der Waals surface area contributed by atoms with Crippen molar-refractivity contribution in [1.82, 2.24) is 0 Å². The zero-order valence-corrected chi connectivity index (χ0v) is 7.12. The number of hydrogen-bond acceptors (Lipinski definition) is 1. The van der Waals surface area contributed by atoms with Crippen LogP contribution in [0.5, 0.6) is 0 Å². The summed E-state index contributed by atoms with van der Waals surface area (Å²) in [6, 6.07) is 0. The van der Waals surface area contributed by atoms with Crippen molar-refractivity contribution in [3.8, 4) is 0 Å². The van der Waals surface area contributed by atoms with E-state index in [9.17, 15) is 4.79 Å². The lowest BCUT2D eigenvalue weighted by atomic mass is 9.95. The second-order valence-corrected chi connectivity index (χ2v) is 3.08. The fourth-order valence-electron chi connectivity index (χ4n) is 1.44. The molecule has 2 nitrogen and oxygen atoms in total. The van der Waals surface area contributed by atoms with Crippen molar-refractivity contribution in [2.75, 3.05) is 0 Å². The Kier molecular flexibility index (Phi) is 3.58. The van der Waals surface area contributed by atoms with E-state index >= 15 is 0 Å². The van der Waals surface area contributed by atoms with Crippen LogP contribution >= 0.6 is 0 Å². The van der Waals surface area contributed by atoms with Crippen LogP contribution in [-0.2, 0) is 4.79 Å². The minimum atomic E-state index is -0.873. The van der Waals surface area contributed by atoms with Crippen LogP contribution in [0.25, 0.3) is 0 Å². The highest BCUT2D eigenvalue weighted by molar-refractivity contribution is 5.80. The fraction of sp³-hybridized carbons (Fsp3) is 0.500. The molecular formula is C10H14O2. The first kappa shape index (κ1) is 9.04. The zero-order chi connectivity index (χ0) is 8.81. The summed E-state index contributed by atoms with van der Waals surface area (Å²) in [7, 11) is 0. The number of hydrogen-bond donors (Lipinski definition) is 1. The molecule has 1 fully saturated rings. The summed E-state index contributed by atoms with van der Waals surface area (Å²) in [5.74, 6) is -0.873. The van der Waals surface area contributed by atoms with E-state index in [-0.39, 0.29) is 0 Å². The highest BCUT2D eigenvalue weighted by Crippen LogP contribution is 2.22. The maximum atomic E-state index is 10.1. The van der Waals surface area contributed by atoms with E-state index in [1.54, 1.807) is 6.08 Å². The standard InChI is InChI=1S/C10H14O2/c11-10(12)8-4-7-9-5-2-1-3-6-9/h4,7-8H,1-3,5-6H2,(H,11,12)/b8-4+. The Morgan fingerprint density at radius 2 is 1.92 bits per heavy atom. The third-order valence-electron chi connectivity index (χ3n) is 2.07. The monoisotopic (exact) mass is 166 g/mol. The summed E-state index contributed by atoms with van der Waals surface area (Å²) in [5.41, 5.74) is 1.39. The van der Waals surface area contributed by atoms with Crippen molar-refractivity contribution in [3.05, 3.63) is 23.8 Å². The molecule has 0 aromatic carbocycles. The van der Waals surface area contributed by atoms with Gasteiger partial charge in [0.1, 0.15) is 0 Å². The van der Waals surface area contributed by atoms with E-state index in [4.69, 9.17) is 5.11 Å². The lowest BCUT2D eigenvalue weighted by Gasteiger charge is -2.11. The van der Waals surface area contributed by atoms with Crippen LogP contribution in [0.3, 0.4) is 0 Å². The third-order valence-corrected chi connectivity index (χ3v) is 2.07. The van der Waals surface area contributed by atoms with Crippen LogP contribution in [-0.4, -0.2) is 11.1 Å². The van der Waals surface area contributed by atoms with Gasteiger partial charge in [-0.3, -0.25) is 0 Å². The molecule has 0 aromatic rings. The quantitative estimate of drug-likeness (QED) is 0.640. The molecule has 0 unspecified atom stereocenters. The van der Waals surface area contributed by atoms with Gasteiger partial charge in [-0.05, 0) is 25.7 Å². The van der Waals surface area contributed by atoms with Crippen LogP contribution in [0, 0.1) is 0 Å². The maximum Gasteiger partial charge on any atom is 0.328 e. The molecule has 12 heavy (non-hydrogen) atoms. The second kappa shape index (κ2) is 4.75. The minimum absolute atomic E-state index is 0.873. The molecule has 0 aromatic heterocycles. The molecule has 0 saturated heterocycles. The molecule has 0 aliphatic heterocycles. The number of allylic oxidation sites excluding steroid dienone is 3. The van der Waals surface area contributed by atoms with Crippen LogP contribution in [0.1, 0.15) is 32.1 Å². The Bertz CT molecular complexity index is 206. The van der Waals surface area contributed by atoms with E-state index in [0.29, 0.717) is 0 Å². The van der Waals surface area contributed by atoms with Gasteiger partial charge in [0, 0.05) is 6.08 Å². The van der Waals surface area contributed by atoms with Crippen molar-refractivity contribution in [3.63, 3.8) is 0 Å². The lowest BCUT2D eigenvalue weighted by molar-refractivity contribution is -0.131. The van der Waals surface area contributed by atoms with Gasteiger partial charge in [-0.25, -0.2) is 4.79 Å². The molecule has 1 aliphatic carbocycles. The molecule has 1 aliphatic rings. The predicted octanol–water partition coefficient (Wildman–Crippen LogP) is 2.52. The molecule has 0 amide bonds. The lowest BCUT2D eigenvalue weighted by Crippen LogP contribution is -1.92. The molecule has 1 N–H and O–H groups in total. The van der Waals surface area contributed by atoms with Crippen molar-refractivity contribution >= 4 is 5.97 Å². The SMILES string of the molecule is O=C(O)/C=C/C=C1CCCCC1. The summed E-state index contributed by atoms with van der Waals surface area (Å²) in [5, 5.41) is 8.33. The summed E-state index contributed by atoms with van der Waals surface area (Å²) in [6.45, 7) is 0. The topological polar surface area (TPSA) is 37.3 Å². The number of carboxylic acids is 1. The first-order chi connectivity index (χ1) is 5.79. The Morgan fingerprint density at radius 1 is 1.25 bits per heavy atom. The summed E-state index contributed by atoms with van der Waals surface area (Å²) in [4.78, 5) is 10.1. The van der Waals surface area contributed by atoms with Gasteiger partial charge in [-0.1, -0.05) is 24.1 Å². The molecular weight excluding hydrogens is 152 g/mol. The second-order valence-electron chi connectivity index (χ2n) is 3.08. The number of rotatable bonds is 2. The first-order valence-corrected chi connectivity index (χ1v) is 4.38. The number of carbonyl (C=O) groups is 1. The molecule has 1 saturated carbocycles. The largest absolute Gasteiger partial charge is 0.478 e. The molecule has 2 heteroatoms. The molecule has 1 rings (SSSR count). The highest BCUT2D eigenvalue weighted by atomic mass is 16.4. The van der Waals surface area contributed by atoms with E-state index < -0.39 is 5.97 Å². The number of carboxylic acid groups (broad SMARTS) is 1. The summed E-state index contributed by atoms with van der Waals surface area (Å²) >= 11 is 0. The zero-order valence-electron chi connectivity index (χ0n) is 7.12. The van der Waals surface area contributed by atoms with Crippen molar-refractivity contribution < 1.29 is 9.90 Å². The van der Waals surface area contributed by atoms with E-state index in [0.717, 1.165) is 12.8 Å². The first-order valence-electron chi connectivity index (χ1n) is 4.38. The Balaban J connectivity index is 2.39. The van der Waals surface area contributed by atoms with Crippen molar-refractivity contribution in [1.29, 1.82) is 0 Å². The molecule has 0 spiro atoms. The van der Waals surface area contributed by atoms with Gasteiger partial charge in [-0.15, -0.1) is 0 Å². The number of aliphatic carboxylic acids is 1. The molecule has 0 heterocycles. The van der Waals surface area contributed by atoms with Crippen molar-refractivity contribution in [2.45, 2.75) is 32.1 Å². The summed E-state index contributed by atoms with van der Waals surface area (Å²) in [6.07, 6.45) is 10.9. The van der Waals surface area contributed by atoms with Gasteiger partial charge >= 0.3 is 5.97 Å². The van der Waals surface area contributed by atoms with Gasteiger partial charge < -0.3 is 5.11 Å². The molecule has 66 valence electrons. The maximum absolute atomic E-state index is 10.1. The molecule has 0 atom stereocenters. The third kappa shape index (κ3) is 3.37. The van der Waals surface area contributed by atoms with Crippen molar-refractivity contribution in [2.24, 2.45) is 0 Å². The van der Waals surface area contributed by atoms with Gasteiger partial charge in [0.05, 0.1) is 0 Å². The average Bonchev–Trinajstić information content (AvgIpc) is 2.05. The highest BCUT2D eigenvalue weighted by Gasteiger charge is 2.02. The van der Waals surface area contributed by atoms with Gasteiger partial charge in [0.15, 0.2) is 0 Å². The van der Waals surface area contributed by atoms with Crippen LogP contribution in [0.4, 0.5) is 0 Å².